The fraction of sp³-hybridized carbons (Fsp3) is 0.235. The molecular formula is C17H18Cl2N2O. The third-order valence-electron chi connectivity index (χ3n) is 3.29. The number of aryl methyl sites for hydroxylation is 1. The molecule has 0 unspecified atom stereocenters. The first kappa shape index (κ1) is 16.7. The Balaban J connectivity index is 2.08. The highest BCUT2D eigenvalue weighted by atomic mass is 35.5. The van der Waals surface area contributed by atoms with Crippen LogP contribution < -0.4 is 10.2 Å². The van der Waals surface area contributed by atoms with Crippen molar-refractivity contribution in [1.29, 1.82) is 0 Å². The van der Waals surface area contributed by atoms with Gasteiger partial charge in [-0.2, -0.15) is 0 Å². The number of carbonyl (C=O) groups excluding carboxylic acids is 1. The number of hydrogen-bond donors (Lipinski definition) is 1. The molecule has 0 aromatic heterocycles. The van der Waals surface area contributed by atoms with E-state index in [1.54, 1.807) is 18.2 Å². The van der Waals surface area contributed by atoms with E-state index < -0.39 is 0 Å². The van der Waals surface area contributed by atoms with Crippen LogP contribution in [-0.4, -0.2) is 19.0 Å². The van der Waals surface area contributed by atoms with E-state index in [0.717, 1.165) is 17.8 Å². The maximum atomic E-state index is 12.2. The molecular weight excluding hydrogens is 319 g/mol. The van der Waals surface area contributed by atoms with Gasteiger partial charge in [-0.3, -0.25) is 4.79 Å². The summed E-state index contributed by atoms with van der Waals surface area (Å²) in [5, 5.41) is 3.81. The molecule has 0 atom stereocenters. The lowest BCUT2D eigenvalue weighted by Gasteiger charge is -2.23. The zero-order valence-electron chi connectivity index (χ0n) is 12.6. The molecule has 3 nitrogen and oxygen atoms in total. The monoisotopic (exact) mass is 336 g/mol. The van der Waals surface area contributed by atoms with Crippen molar-refractivity contribution >= 4 is 40.5 Å². The summed E-state index contributed by atoms with van der Waals surface area (Å²) in [6, 6.07) is 13.1. The maximum absolute atomic E-state index is 12.2. The number of nitrogens with zero attached hydrogens (tertiary/aromatic N) is 1. The predicted molar refractivity (Wildman–Crippen MR) is 94.2 cm³/mol. The van der Waals surface area contributed by atoms with Gasteiger partial charge >= 0.3 is 0 Å². The molecule has 0 aliphatic carbocycles. The molecule has 0 saturated heterocycles. The standard InChI is InChI=1S/C17H18Cl2N2O/c1-3-21(14-6-4-5-12(2)9-14)11-17(22)20-16-10-13(18)7-8-15(16)19/h4-10H,3,11H2,1-2H3,(H,20,22). The minimum atomic E-state index is -0.132. The highest BCUT2D eigenvalue weighted by Gasteiger charge is 2.12. The first-order valence-electron chi connectivity index (χ1n) is 7.06. The van der Waals surface area contributed by atoms with Crippen LogP contribution in [-0.2, 0) is 4.79 Å². The molecule has 0 aliphatic heterocycles. The summed E-state index contributed by atoms with van der Waals surface area (Å²) in [6.45, 7) is 5.04. The topological polar surface area (TPSA) is 32.3 Å². The number of benzene rings is 2. The highest BCUT2D eigenvalue weighted by Crippen LogP contribution is 2.25. The van der Waals surface area contributed by atoms with Gasteiger partial charge < -0.3 is 10.2 Å². The Hall–Kier alpha value is -1.71. The van der Waals surface area contributed by atoms with Crippen molar-refractivity contribution in [3.05, 3.63) is 58.1 Å². The first-order valence-corrected chi connectivity index (χ1v) is 7.81. The number of nitrogens with one attached hydrogen (secondary N) is 1. The van der Waals surface area contributed by atoms with Gasteiger partial charge in [-0.05, 0) is 49.7 Å². The number of carbonyl (C=O) groups is 1. The normalized spacial score (nSPS) is 10.4. The molecule has 0 aliphatic rings. The summed E-state index contributed by atoms with van der Waals surface area (Å²) in [5.41, 5.74) is 2.71. The van der Waals surface area contributed by atoms with Crippen molar-refractivity contribution in [2.24, 2.45) is 0 Å². The number of amides is 1. The number of anilines is 2. The summed E-state index contributed by atoms with van der Waals surface area (Å²) in [7, 11) is 0. The van der Waals surface area contributed by atoms with E-state index in [9.17, 15) is 4.79 Å². The Morgan fingerprint density at radius 1 is 1.18 bits per heavy atom. The van der Waals surface area contributed by atoms with Crippen molar-refractivity contribution in [3.8, 4) is 0 Å². The van der Waals surface area contributed by atoms with E-state index in [2.05, 4.69) is 11.4 Å². The molecule has 0 radical (unpaired) electrons. The summed E-state index contributed by atoms with van der Waals surface area (Å²) >= 11 is 12.0. The molecule has 0 bridgehead atoms. The van der Waals surface area contributed by atoms with Gasteiger partial charge in [-0.15, -0.1) is 0 Å². The van der Waals surface area contributed by atoms with Crippen LogP contribution >= 0.6 is 23.2 Å². The quantitative estimate of drug-likeness (QED) is 0.853. The lowest BCUT2D eigenvalue weighted by Crippen LogP contribution is -2.33. The van der Waals surface area contributed by atoms with Crippen LogP contribution in [0.4, 0.5) is 11.4 Å². The second-order valence-corrected chi connectivity index (χ2v) is 5.87. The van der Waals surface area contributed by atoms with Crippen LogP contribution in [0.1, 0.15) is 12.5 Å². The van der Waals surface area contributed by atoms with E-state index in [1.165, 1.54) is 0 Å². The fourth-order valence-corrected chi connectivity index (χ4v) is 2.50. The fourth-order valence-electron chi connectivity index (χ4n) is 2.17. The molecule has 0 heterocycles. The van der Waals surface area contributed by atoms with Gasteiger partial charge in [-0.25, -0.2) is 0 Å². The Bertz CT molecular complexity index is 673. The van der Waals surface area contributed by atoms with Crippen LogP contribution in [0.2, 0.25) is 10.0 Å². The number of hydrogen-bond acceptors (Lipinski definition) is 2. The summed E-state index contributed by atoms with van der Waals surface area (Å²) < 4.78 is 0. The minimum Gasteiger partial charge on any atom is -0.362 e. The number of halogens is 2. The summed E-state index contributed by atoms with van der Waals surface area (Å²) in [6.07, 6.45) is 0. The number of likely N-dealkylation sites (N-methyl/N-ethyl adjacent to an activating group) is 1. The molecule has 2 aromatic rings. The van der Waals surface area contributed by atoms with Crippen LogP contribution in [0.5, 0.6) is 0 Å². The van der Waals surface area contributed by atoms with Crippen LogP contribution in [0.15, 0.2) is 42.5 Å². The molecule has 2 aromatic carbocycles. The molecule has 1 N–H and O–H groups in total. The SMILES string of the molecule is CCN(CC(=O)Nc1cc(Cl)ccc1Cl)c1cccc(C)c1. The molecule has 5 heteroatoms. The van der Waals surface area contributed by atoms with Crippen molar-refractivity contribution < 1.29 is 4.79 Å². The van der Waals surface area contributed by atoms with E-state index in [0.29, 0.717) is 15.7 Å². The zero-order valence-corrected chi connectivity index (χ0v) is 14.1. The minimum absolute atomic E-state index is 0.132. The van der Waals surface area contributed by atoms with E-state index in [1.807, 2.05) is 36.9 Å². The lowest BCUT2D eigenvalue weighted by atomic mass is 10.2. The van der Waals surface area contributed by atoms with Crippen LogP contribution in [0, 0.1) is 6.92 Å². The van der Waals surface area contributed by atoms with Crippen molar-refractivity contribution in [2.75, 3.05) is 23.3 Å². The summed E-state index contributed by atoms with van der Waals surface area (Å²) in [5.74, 6) is -0.132. The van der Waals surface area contributed by atoms with Gasteiger partial charge in [0.1, 0.15) is 0 Å². The van der Waals surface area contributed by atoms with Crippen LogP contribution in [0.25, 0.3) is 0 Å². The smallest absolute Gasteiger partial charge is 0.243 e. The average molecular weight is 337 g/mol. The van der Waals surface area contributed by atoms with E-state index in [4.69, 9.17) is 23.2 Å². The van der Waals surface area contributed by atoms with E-state index >= 15 is 0 Å². The van der Waals surface area contributed by atoms with Gasteiger partial charge in [0.05, 0.1) is 17.3 Å². The third kappa shape index (κ3) is 4.39. The molecule has 0 fully saturated rings. The number of rotatable bonds is 5. The van der Waals surface area contributed by atoms with Gasteiger partial charge in [0.15, 0.2) is 0 Å². The second-order valence-electron chi connectivity index (χ2n) is 5.03. The Morgan fingerprint density at radius 2 is 1.95 bits per heavy atom. The van der Waals surface area contributed by atoms with Crippen molar-refractivity contribution in [2.45, 2.75) is 13.8 Å². The van der Waals surface area contributed by atoms with Crippen LogP contribution in [0.3, 0.4) is 0 Å². The third-order valence-corrected chi connectivity index (χ3v) is 3.85. The predicted octanol–water partition coefficient (Wildman–Crippen LogP) is 4.77. The lowest BCUT2D eigenvalue weighted by molar-refractivity contribution is -0.115. The second kappa shape index (κ2) is 7.52. The van der Waals surface area contributed by atoms with Gasteiger partial charge in [0, 0.05) is 17.3 Å². The van der Waals surface area contributed by atoms with Gasteiger partial charge in [-0.1, -0.05) is 35.3 Å². The van der Waals surface area contributed by atoms with Gasteiger partial charge in [0.2, 0.25) is 5.91 Å². The van der Waals surface area contributed by atoms with Crippen molar-refractivity contribution in [3.63, 3.8) is 0 Å². The first-order chi connectivity index (χ1) is 10.5. The average Bonchev–Trinajstić information content (AvgIpc) is 2.48. The Morgan fingerprint density at radius 3 is 2.64 bits per heavy atom. The molecule has 116 valence electrons. The highest BCUT2D eigenvalue weighted by molar-refractivity contribution is 6.35. The van der Waals surface area contributed by atoms with Gasteiger partial charge in [0.25, 0.3) is 0 Å². The largest absolute Gasteiger partial charge is 0.362 e. The Kier molecular flexibility index (Phi) is 5.69. The van der Waals surface area contributed by atoms with E-state index in [-0.39, 0.29) is 12.5 Å². The zero-order chi connectivity index (χ0) is 16.1. The molecule has 2 rings (SSSR count). The molecule has 22 heavy (non-hydrogen) atoms. The maximum Gasteiger partial charge on any atom is 0.243 e. The van der Waals surface area contributed by atoms with Crippen molar-refractivity contribution in [1.82, 2.24) is 0 Å². The molecule has 0 saturated carbocycles. The molecule has 1 amide bonds. The molecule has 0 spiro atoms. The Labute approximate surface area is 140 Å². The summed E-state index contributed by atoms with van der Waals surface area (Å²) in [4.78, 5) is 14.2.